The van der Waals surface area contributed by atoms with Crippen molar-refractivity contribution in [1.29, 1.82) is 0 Å². The predicted molar refractivity (Wildman–Crippen MR) is 107 cm³/mol. The summed E-state index contributed by atoms with van der Waals surface area (Å²) in [6, 6.07) is 15.4. The van der Waals surface area contributed by atoms with E-state index >= 15 is 0 Å². The lowest BCUT2D eigenvalue weighted by Crippen LogP contribution is -2.27. The minimum atomic E-state index is -0.105. The van der Waals surface area contributed by atoms with Crippen molar-refractivity contribution >= 4 is 5.91 Å². The zero-order valence-electron chi connectivity index (χ0n) is 16.2. The van der Waals surface area contributed by atoms with Crippen LogP contribution >= 0.6 is 0 Å². The number of hydrogen-bond acceptors (Lipinski definition) is 3. The molecule has 0 saturated carbocycles. The summed E-state index contributed by atoms with van der Waals surface area (Å²) in [5.74, 6) is 1.55. The summed E-state index contributed by atoms with van der Waals surface area (Å²) in [5.41, 5.74) is 3.55. The number of pyridine rings is 1. The molecule has 1 aromatic carbocycles. The summed E-state index contributed by atoms with van der Waals surface area (Å²) >= 11 is 0. The van der Waals surface area contributed by atoms with Crippen molar-refractivity contribution in [2.45, 2.75) is 33.7 Å². The Kier molecular flexibility index (Phi) is 5.60. The van der Waals surface area contributed by atoms with E-state index in [1.165, 1.54) is 0 Å². The Hall–Kier alpha value is -3.08. The number of nitrogens with zero attached hydrogens (tertiary/aromatic N) is 2. The largest absolute Gasteiger partial charge is 0.494 e. The van der Waals surface area contributed by atoms with Crippen molar-refractivity contribution in [1.82, 2.24) is 14.9 Å². The van der Waals surface area contributed by atoms with Gasteiger partial charge in [-0.15, -0.1) is 0 Å². The first kappa shape index (κ1) is 18.7. The summed E-state index contributed by atoms with van der Waals surface area (Å²) in [4.78, 5) is 17.2. The topological polar surface area (TPSA) is 56.1 Å². The normalized spacial score (nSPS) is 11.9. The maximum Gasteiger partial charge on any atom is 0.253 e. The van der Waals surface area contributed by atoms with Crippen LogP contribution in [-0.2, 0) is 0 Å². The van der Waals surface area contributed by atoms with Gasteiger partial charge in [0, 0.05) is 17.6 Å². The van der Waals surface area contributed by atoms with Gasteiger partial charge in [0.2, 0.25) is 0 Å². The summed E-state index contributed by atoms with van der Waals surface area (Å²) < 4.78 is 7.47. The minimum absolute atomic E-state index is 0.0911. The van der Waals surface area contributed by atoms with Gasteiger partial charge in [0.25, 0.3) is 5.91 Å². The molecular formula is C22H25N3O2. The van der Waals surface area contributed by atoms with E-state index in [-0.39, 0.29) is 11.9 Å². The van der Waals surface area contributed by atoms with Crippen molar-refractivity contribution in [3.8, 4) is 11.6 Å². The SMILES string of the molecule is CCOc1ccc(C(C)NC(=O)c2cc(C)n(-c3ccccn3)c2C)cc1. The lowest BCUT2D eigenvalue weighted by Gasteiger charge is -2.15. The summed E-state index contributed by atoms with van der Waals surface area (Å²) in [7, 11) is 0. The maximum atomic E-state index is 12.8. The Morgan fingerprint density at radius 3 is 2.56 bits per heavy atom. The first-order valence-corrected chi connectivity index (χ1v) is 9.15. The average Bonchev–Trinajstić information content (AvgIpc) is 2.97. The molecule has 0 aliphatic carbocycles. The molecule has 5 heteroatoms. The van der Waals surface area contributed by atoms with Gasteiger partial charge >= 0.3 is 0 Å². The number of hydrogen-bond donors (Lipinski definition) is 1. The number of carbonyl (C=O) groups excluding carboxylic acids is 1. The highest BCUT2D eigenvalue weighted by Gasteiger charge is 2.19. The average molecular weight is 363 g/mol. The molecule has 2 heterocycles. The molecule has 1 unspecified atom stereocenters. The molecule has 0 aliphatic rings. The molecule has 0 aliphatic heterocycles. The van der Waals surface area contributed by atoms with Crippen LogP contribution in [0, 0.1) is 13.8 Å². The third-order valence-electron chi connectivity index (χ3n) is 4.59. The van der Waals surface area contributed by atoms with Crippen molar-refractivity contribution in [3.63, 3.8) is 0 Å². The first-order chi connectivity index (χ1) is 13.0. The van der Waals surface area contributed by atoms with Crippen LogP contribution in [0.3, 0.4) is 0 Å². The standard InChI is InChI=1S/C22H25N3O2/c1-5-27-19-11-9-18(10-12-19)16(3)24-22(26)20-14-15(2)25(17(20)4)21-8-6-7-13-23-21/h6-14,16H,5H2,1-4H3,(H,24,26). The van der Waals surface area contributed by atoms with E-state index in [9.17, 15) is 4.79 Å². The minimum Gasteiger partial charge on any atom is -0.494 e. The molecule has 1 amide bonds. The van der Waals surface area contributed by atoms with E-state index in [0.717, 1.165) is 28.5 Å². The van der Waals surface area contributed by atoms with Crippen LogP contribution in [0.4, 0.5) is 0 Å². The molecule has 0 bridgehead atoms. The summed E-state index contributed by atoms with van der Waals surface area (Å²) in [6.45, 7) is 8.49. The van der Waals surface area contributed by atoms with E-state index in [0.29, 0.717) is 12.2 Å². The van der Waals surface area contributed by atoms with Gasteiger partial charge < -0.3 is 14.6 Å². The predicted octanol–water partition coefficient (Wildman–Crippen LogP) is 4.38. The number of amides is 1. The fraction of sp³-hybridized carbons (Fsp3) is 0.273. The van der Waals surface area contributed by atoms with Crippen LogP contribution in [0.5, 0.6) is 5.75 Å². The molecule has 3 rings (SSSR count). The monoisotopic (exact) mass is 363 g/mol. The zero-order chi connectivity index (χ0) is 19.4. The van der Waals surface area contributed by atoms with E-state index in [4.69, 9.17) is 4.74 Å². The number of rotatable bonds is 6. The number of nitrogens with one attached hydrogen (secondary N) is 1. The molecule has 0 spiro atoms. The van der Waals surface area contributed by atoms with Gasteiger partial charge in [-0.1, -0.05) is 18.2 Å². The smallest absolute Gasteiger partial charge is 0.253 e. The van der Waals surface area contributed by atoms with Crippen LogP contribution in [0.1, 0.15) is 47.2 Å². The highest BCUT2D eigenvalue weighted by Crippen LogP contribution is 2.22. The molecule has 3 aromatic rings. The molecule has 2 aromatic heterocycles. The zero-order valence-corrected chi connectivity index (χ0v) is 16.2. The van der Waals surface area contributed by atoms with Gasteiger partial charge in [-0.3, -0.25) is 4.79 Å². The Bertz CT molecular complexity index is 915. The quantitative estimate of drug-likeness (QED) is 0.707. The van der Waals surface area contributed by atoms with Crippen LogP contribution in [0.2, 0.25) is 0 Å². The molecular weight excluding hydrogens is 338 g/mol. The highest BCUT2D eigenvalue weighted by molar-refractivity contribution is 5.96. The number of ether oxygens (including phenoxy) is 1. The van der Waals surface area contributed by atoms with Gasteiger partial charge in [0.15, 0.2) is 0 Å². The van der Waals surface area contributed by atoms with E-state index in [1.807, 2.05) is 80.8 Å². The van der Waals surface area contributed by atoms with Gasteiger partial charge in [-0.05, 0) is 63.6 Å². The lowest BCUT2D eigenvalue weighted by molar-refractivity contribution is 0.0939. The Balaban J connectivity index is 1.78. The van der Waals surface area contributed by atoms with Gasteiger partial charge in [0.1, 0.15) is 11.6 Å². The van der Waals surface area contributed by atoms with Crippen LogP contribution in [0.25, 0.3) is 5.82 Å². The molecule has 0 radical (unpaired) electrons. The van der Waals surface area contributed by atoms with E-state index in [1.54, 1.807) is 6.20 Å². The van der Waals surface area contributed by atoms with Crippen molar-refractivity contribution in [2.75, 3.05) is 6.61 Å². The molecule has 5 nitrogen and oxygen atoms in total. The molecule has 1 N–H and O–H groups in total. The van der Waals surface area contributed by atoms with Gasteiger partial charge in [-0.2, -0.15) is 0 Å². The fourth-order valence-electron chi connectivity index (χ4n) is 3.21. The Morgan fingerprint density at radius 2 is 1.93 bits per heavy atom. The third kappa shape index (κ3) is 4.03. The maximum absolute atomic E-state index is 12.8. The molecule has 1 atom stereocenters. The van der Waals surface area contributed by atoms with Gasteiger partial charge in [-0.25, -0.2) is 4.98 Å². The van der Waals surface area contributed by atoms with Crippen LogP contribution in [0.15, 0.2) is 54.7 Å². The lowest BCUT2D eigenvalue weighted by atomic mass is 10.1. The number of benzene rings is 1. The van der Waals surface area contributed by atoms with Gasteiger partial charge in [0.05, 0.1) is 18.2 Å². The molecule has 0 fully saturated rings. The van der Waals surface area contributed by atoms with Crippen molar-refractivity contribution < 1.29 is 9.53 Å². The number of carbonyl (C=O) groups is 1. The first-order valence-electron chi connectivity index (χ1n) is 9.15. The van der Waals surface area contributed by atoms with E-state index in [2.05, 4.69) is 10.3 Å². The van der Waals surface area contributed by atoms with Crippen molar-refractivity contribution in [2.24, 2.45) is 0 Å². The highest BCUT2D eigenvalue weighted by atomic mass is 16.5. The third-order valence-corrected chi connectivity index (χ3v) is 4.59. The molecule has 27 heavy (non-hydrogen) atoms. The summed E-state index contributed by atoms with van der Waals surface area (Å²) in [5, 5.41) is 3.08. The number of aromatic nitrogens is 2. The second kappa shape index (κ2) is 8.08. The van der Waals surface area contributed by atoms with Crippen LogP contribution < -0.4 is 10.1 Å². The second-order valence-corrected chi connectivity index (χ2v) is 6.51. The summed E-state index contributed by atoms with van der Waals surface area (Å²) in [6.07, 6.45) is 1.75. The Labute approximate surface area is 160 Å². The molecule has 0 saturated heterocycles. The number of aryl methyl sites for hydroxylation is 1. The second-order valence-electron chi connectivity index (χ2n) is 6.51. The fourth-order valence-corrected chi connectivity index (χ4v) is 3.21. The van der Waals surface area contributed by atoms with Crippen LogP contribution in [-0.4, -0.2) is 22.1 Å². The Morgan fingerprint density at radius 1 is 1.19 bits per heavy atom. The van der Waals surface area contributed by atoms with E-state index < -0.39 is 0 Å². The van der Waals surface area contributed by atoms with Crippen molar-refractivity contribution in [3.05, 3.63) is 77.2 Å². The molecule has 140 valence electrons.